The third kappa shape index (κ3) is 5.42. The van der Waals surface area contributed by atoms with Crippen molar-refractivity contribution in [3.63, 3.8) is 0 Å². The van der Waals surface area contributed by atoms with Crippen molar-refractivity contribution in [2.75, 3.05) is 47.8 Å². The Bertz CT molecular complexity index is 1780. The van der Waals surface area contributed by atoms with E-state index in [1.165, 1.54) is 0 Å². The van der Waals surface area contributed by atoms with Gasteiger partial charge in [0.25, 0.3) is 0 Å². The normalized spacial score (nSPS) is 17.2. The second-order valence-electron chi connectivity index (χ2n) is 11.1. The van der Waals surface area contributed by atoms with Crippen molar-refractivity contribution in [2.45, 2.75) is 6.92 Å². The van der Waals surface area contributed by atoms with Crippen molar-refractivity contribution in [3.8, 4) is 5.69 Å². The van der Waals surface area contributed by atoms with Crippen LogP contribution < -0.4 is 19.6 Å². The minimum atomic E-state index is 0. The minimum Gasteiger partial charge on any atom is -0.520 e. The Morgan fingerprint density at radius 1 is 0.522 bits per heavy atom. The molecule has 1 aromatic carbocycles. The number of nitrogens with zero attached hydrogens (tertiary/aromatic N) is 11. The molecular formula is C33H29N11Pd2-8. The van der Waals surface area contributed by atoms with Gasteiger partial charge in [-0.05, 0) is 77.8 Å². The average Bonchev–Trinajstić information content (AvgIpc) is 3.85. The van der Waals surface area contributed by atoms with E-state index in [4.69, 9.17) is 9.97 Å². The van der Waals surface area contributed by atoms with Crippen LogP contribution in [0.5, 0.6) is 0 Å². The summed E-state index contributed by atoms with van der Waals surface area (Å²) in [6.07, 6.45) is 19.8. The van der Waals surface area contributed by atoms with Gasteiger partial charge in [0.15, 0.2) is 0 Å². The van der Waals surface area contributed by atoms with Crippen molar-refractivity contribution < 1.29 is 40.8 Å². The van der Waals surface area contributed by atoms with E-state index < -0.39 is 0 Å². The zero-order valence-corrected chi connectivity index (χ0v) is 28.7. The molecule has 0 amide bonds. The van der Waals surface area contributed by atoms with Crippen molar-refractivity contribution >= 4 is 44.8 Å². The molecule has 0 fully saturated rings. The number of hydrogen-bond acceptors (Lipinski definition) is 10. The molecule has 0 spiro atoms. The maximum atomic E-state index is 4.78. The molecule has 0 unspecified atom stereocenters. The van der Waals surface area contributed by atoms with Gasteiger partial charge in [0.05, 0.1) is 0 Å². The zero-order valence-electron chi connectivity index (χ0n) is 25.6. The zero-order chi connectivity index (χ0) is 30.1. The summed E-state index contributed by atoms with van der Waals surface area (Å²) in [5, 5.41) is 1.83. The molecule has 4 aliphatic heterocycles. The Hall–Kier alpha value is -4.00. The van der Waals surface area contributed by atoms with E-state index in [1.54, 1.807) is 0 Å². The fraction of sp³-hybridized carbons (Fsp3) is 0.152. The standard InChI is InChI=1S/C33H29N11.2Pd/c1-24-28(40-10-6-36(2)20-40)14-25(15-29(24)41-11-7-37(3)21-41)44-30-16-32(42-12-8-38(4)22-42)34-18-26(30)27-19-35-33(17-31(27)44)43-13-9-39(5)23-43;;/h6-13,18-23H,1-5H3;;/q-8;;. The number of benzene rings is 1. The van der Waals surface area contributed by atoms with Gasteiger partial charge in [0.1, 0.15) is 0 Å². The summed E-state index contributed by atoms with van der Waals surface area (Å²) >= 11 is 0. The quantitative estimate of drug-likeness (QED) is 0.214. The molecular weight excluding hydrogens is 763 g/mol. The smallest absolute Gasteiger partial charge is 0.0112 e. The van der Waals surface area contributed by atoms with Crippen LogP contribution in [0.1, 0.15) is 5.56 Å². The van der Waals surface area contributed by atoms with E-state index in [1.807, 2.05) is 146 Å². The first-order valence-electron chi connectivity index (χ1n) is 14.1. The summed E-state index contributed by atoms with van der Waals surface area (Å²) in [7, 11) is 7.99. The molecule has 0 atom stereocenters. The Balaban J connectivity index is 0.00000186. The van der Waals surface area contributed by atoms with Gasteiger partial charge in [-0.15, -0.1) is 18.0 Å². The molecule has 4 aromatic rings. The van der Waals surface area contributed by atoms with E-state index in [0.29, 0.717) is 11.6 Å². The number of anilines is 4. The average molecular weight is 793 g/mol. The van der Waals surface area contributed by atoms with Crippen LogP contribution in [-0.4, -0.2) is 62.3 Å². The van der Waals surface area contributed by atoms with Crippen molar-refractivity contribution in [3.05, 3.63) is 118 Å². The van der Waals surface area contributed by atoms with E-state index in [0.717, 1.165) is 44.4 Å². The molecule has 0 saturated carbocycles. The van der Waals surface area contributed by atoms with Gasteiger partial charge in [-0.2, -0.15) is 38.8 Å². The Morgan fingerprint density at radius 3 is 1.24 bits per heavy atom. The first kappa shape index (κ1) is 32.0. The fourth-order valence-corrected chi connectivity index (χ4v) is 5.63. The molecule has 46 heavy (non-hydrogen) atoms. The summed E-state index contributed by atoms with van der Waals surface area (Å²) in [5.41, 5.74) is 5.27. The van der Waals surface area contributed by atoms with E-state index in [9.17, 15) is 0 Å². The van der Waals surface area contributed by atoms with Crippen LogP contribution in [0, 0.1) is 57.9 Å². The molecule has 7 heterocycles. The molecule has 0 bridgehead atoms. The maximum Gasteiger partial charge on any atom is 0.0112 e. The predicted molar refractivity (Wildman–Crippen MR) is 171 cm³/mol. The van der Waals surface area contributed by atoms with Gasteiger partial charge < -0.3 is 55.9 Å². The molecule has 13 heteroatoms. The second kappa shape index (κ2) is 12.3. The summed E-state index contributed by atoms with van der Waals surface area (Å²) in [6, 6.07) is 14.6. The SMILES string of the molecule is Cc1c(N2C=CN(C)[CH-]2)[c-]c(-n2c3[c-]c(N4C=CN(C)[CH-]4)ncc3c3cnc(N4C=CN(C)[CH-]4)[c-]c32)[c-]c1N1C=CN(C)[CH-]1.[Pd].[Pd]. The monoisotopic (exact) mass is 791 g/mol. The van der Waals surface area contributed by atoms with Crippen LogP contribution in [0.25, 0.3) is 27.5 Å². The van der Waals surface area contributed by atoms with Crippen LogP contribution in [0.4, 0.5) is 23.0 Å². The number of rotatable bonds is 5. The number of fused-ring (bicyclic) bond motifs is 3. The molecule has 8 rings (SSSR count). The molecule has 244 valence electrons. The molecule has 4 aliphatic rings. The van der Waals surface area contributed by atoms with Crippen LogP contribution >= 0.6 is 0 Å². The summed E-state index contributed by atoms with van der Waals surface area (Å²) in [4.78, 5) is 25.6. The molecule has 0 aliphatic carbocycles. The van der Waals surface area contributed by atoms with Gasteiger partial charge in [-0.25, -0.2) is 33.4 Å². The van der Waals surface area contributed by atoms with Crippen molar-refractivity contribution in [2.24, 2.45) is 0 Å². The predicted octanol–water partition coefficient (Wildman–Crippen LogP) is 4.45. The maximum absolute atomic E-state index is 4.78. The summed E-state index contributed by atoms with van der Waals surface area (Å²) in [6.45, 7) is 10.1. The molecule has 3 aromatic heterocycles. The molecule has 11 nitrogen and oxygen atoms in total. The Kier molecular flexibility index (Phi) is 8.56. The first-order chi connectivity index (χ1) is 21.3. The van der Waals surface area contributed by atoms with E-state index in [-0.39, 0.29) is 40.8 Å². The number of pyridine rings is 2. The van der Waals surface area contributed by atoms with Gasteiger partial charge in [-0.3, -0.25) is 9.97 Å². The van der Waals surface area contributed by atoms with Gasteiger partial charge in [-0.1, -0.05) is 12.4 Å². The summed E-state index contributed by atoms with van der Waals surface area (Å²) in [5.74, 6) is 1.35. The molecule has 0 saturated heterocycles. The third-order valence-electron chi connectivity index (χ3n) is 7.83. The first-order valence-corrected chi connectivity index (χ1v) is 14.1. The second-order valence-corrected chi connectivity index (χ2v) is 11.1. The Morgan fingerprint density at radius 2 is 0.891 bits per heavy atom. The van der Waals surface area contributed by atoms with Crippen molar-refractivity contribution in [1.82, 2.24) is 34.1 Å². The van der Waals surface area contributed by atoms with Crippen LogP contribution in [-0.2, 0) is 40.8 Å². The van der Waals surface area contributed by atoms with Crippen LogP contribution in [0.3, 0.4) is 0 Å². The number of aromatic nitrogens is 3. The topological polar surface area (TPSA) is 56.6 Å². The van der Waals surface area contributed by atoms with Crippen molar-refractivity contribution in [1.29, 1.82) is 0 Å². The van der Waals surface area contributed by atoms with Crippen LogP contribution in [0.2, 0.25) is 0 Å². The van der Waals surface area contributed by atoms with Gasteiger partial charge in [0.2, 0.25) is 0 Å². The van der Waals surface area contributed by atoms with Gasteiger partial charge in [0, 0.05) is 52.5 Å². The van der Waals surface area contributed by atoms with E-state index >= 15 is 0 Å². The largest absolute Gasteiger partial charge is 0.520 e. The van der Waals surface area contributed by atoms with Gasteiger partial charge >= 0.3 is 0 Å². The third-order valence-corrected chi connectivity index (χ3v) is 7.83. The minimum absolute atomic E-state index is 0. The molecule has 0 N–H and O–H groups in total. The summed E-state index contributed by atoms with van der Waals surface area (Å²) < 4.78 is 2.12. The fourth-order valence-electron chi connectivity index (χ4n) is 5.63. The number of hydrogen-bond donors (Lipinski definition) is 0. The Labute approximate surface area is 297 Å². The molecule has 0 radical (unpaired) electrons. The van der Waals surface area contributed by atoms with E-state index in [2.05, 4.69) is 45.6 Å². The van der Waals surface area contributed by atoms with Crippen LogP contribution in [0.15, 0.2) is 62.0 Å².